The van der Waals surface area contributed by atoms with E-state index in [1.807, 2.05) is 0 Å². The number of aliphatic hydroxyl groups is 3. The molecule has 0 aromatic carbocycles. The van der Waals surface area contributed by atoms with E-state index in [-0.39, 0.29) is 5.82 Å². The molecule has 5 N–H and O–H groups in total. The second kappa shape index (κ2) is 6.89. The smallest absolute Gasteiger partial charge is 0.271 e. The Bertz CT molecular complexity index is 741. The summed E-state index contributed by atoms with van der Waals surface area (Å²) in [6.07, 6.45) is -0.443. The number of fused-ring (bicyclic) bond motifs is 1. The molecule has 0 radical (unpaired) electrons. The molecule has 0 amide bonds. The third-order valence-corrected chi connectivity index (χ3v) is 3.24. The summed E-state index contributed by atoms with van der Waals surface area (Å²) in [5.74, 6) is 1.85. The number of alkyl halides is 1. The number of nitrogens with two attached hydrogens (primary N) is 1. The van der Waals surface area contributed by atoms with Gasteiger partial charge in [-0.25, -0.2) is 14.4 Å². The van der Waals surface area contributed by atoms with Gasteiger partial charge in [-0.2, -0.15) is 0 Å². The first-order chi connectivity index (χ1) is 11.0. The molecule has 0 bridgehead atoms. The van der Waals surface area contributed by atoms with Crippen molar-refractivity contribution in [2.75, 3.05) is 18.9 Å². The van der Waals surface area contributed by atoms with Crippen molar-refractivity contribution in [3.05, 3.63) is 18.6 Å². The van der Waals surface area contributed by atoms with E-state index in [0.29, 0.717) is 11.0 Å². The number of hydrogen-bond donors (Lipinski definition) is 4. The van der Waals surface area contributed by atoms with Crippen LogP contribution in [0.1, 0.15) is 13.2 Å². The summed E-state index contributed by atoms with van der Waals surface area (Å²) in [6, 6.07) is 1.58. The molecular weight excluding hydrogens is 307 g/mol. The van der Waals surface area contributed by atoms with E-state index in [0.717, 1.165) is 0 Å². The maximum Gasteiger partial charge on any atom is 0.271 e. The van der Waals surface area contributed by atoms with E-state index in [1.54, 1.807) is 6.07 Å². The zero-order valence-corrected chi connectivity index (χ0v) is 12.3. The molecule has 23 heavy (non-hydrogen) atoms. The molecule has 2 heterocycles. The maximum absolute atomic E-state index is 14.6. The molecule has 0 fully saturated rings. The Morgan fingerprint density at radius 3 is 2.83 bits per heavy atom. The molecule has 3 atom stereocenters. The molecule has 124 valence electrons. The van der Waals surface area contributed by atoms with Gasteiger partial charge in [0.05, 0.1) is 12.0 Å². The monoisotopic (exact) mass is 324 g/mol. The van der Waals surface area contributed by atoms with Crippen molar-refractivity contribution in [3.8, 4) is 11.8 Å². The highest BCUT2D eigenvalue weighted by molar-refractivity contribution is 5.86. The molecule has 8 nitrogen and oxygen atoms in total. The summed E-state index contributed by atoms with van der Waals surface area (Å²) in [4.78, 5) is 7.84. The third kappa shape index (κ3) is 3.25. The summed E-state index contributed by atoms with van der Waals surface area (Å²) in [5.41, 5.74) is 6.03. The number of ether oxygens (including phenoxy) is 1. The molecule has 2 aromatic heterocycles. The number of nitrogen functional groups attached to an aromatic ring is 1. The Morgan fingerprint density at radius 1 is 1.48 bits per heavy atom. The Balaban J connectivity index is 2.38. The quantitative estimate of drug-likeness (QED) is 0.531. The molecule has 0 saturated carbocycles. The summed E-state index contributed by atoms with van der Waals surface area (Å²) in [6.45, 7) is -0.370. The molecule has 2 aromatic rings. The van der Waals surface area contributed by atoms with Gasteiger partial charge in [-0.3, -0.25) is 0 Å². The molecular formula is C14H17FN4O4. The Hall–Kier alpha value is -2.25. The van der Waals surface area contributed by atoms with E-state index < -0.39 is 31.4 Å². The SMILES string of the molecule is CC#C[C@H](O)[C@@](F)(CO)O[C@H](CO)n1ccc2c(N)ncnc21. The highest BCUT2D eigenvalue weighted by atomic mass is 19.2. The van der Waals surface area contributed by atoms with Crippen LogP contribution in [0.3, 0.4) is 0 Å². The van der Waals surface area contributed by atoms with Crippen LogP contribution in [-0.2, 0) is 4.74 Å². The molecule has 9 heteroatoms. The first-order valence-electron chi connectivity index (χ1n) is 6.72. The lowest BCUT2D eigenvalue weighted by molar-refractivity contribution is -0.257. The van der Waals surface area contributed by atoms with Crippen LogP contribution < -0.4 is 5.73 Å². The van der Waals surface area contributed by atoms with Gasteiger partial charge in [-0.15, -0.1) is 5.92 Å². The molecule has 0 spiro atoms. The highest BCUT2D eigenvalue weighted by Gasteiger charge is 2.41. The number of aromatic nitrogens is 3. The minimum absolute atomic E-state index is 0.219. The van der Waals surface area contributed by atoms with Crippen molar-refractivity contribution in [3.63, 3.8) is 0 Å². The third-order valence-electron chi connectivity index (χ3n) is 3.24. The lowest BCUT2D eigenvalue weighted by atomic mass is 10.2. The minimum Gasteiger partial charge on any atom is -0.392 e. The van der Waals surface area contributed by atoms with E-state index in [4.69, 9.17) is 10.5 Å². The number of aliphatic hydroxyl groups excluding tert-OH is 3. The lowest BCUT2D eigenvalue weighted by Gasteiger charge is -2.30. The number of nitrogens with zero attached hydrogens (tertiary/aromatic N) is 3. The van der Waals surface area contributed by atoms with Crippen LogP contribution in [-0.4, -0.2) is 55.0 Å². The van der Waals surface area contributed by atoms with Gasteiger partial charge in [0.1, 0.15) is 24.4 Å². The van der Waals surface area contributed by atoms with Crippen molar-refractivity contribution in [2.24, 2.45) is 0 Å². The molecule has 0 unspecified atom stereocenters. The zero-order chi connectivity index (χ0) is 17.0. The second-order valence-electron chi connectivity index (χ2n) is 4.72. The topological polar surface area (TPSA) is 127 Å². The first kappa shape index (κ1) is 17.1. The van der Waals surface area contributed by atoms with Gasteiger partial charge in [0.15, 0.2) is 12.3 Å². The van der Waals surface area contributed by atoms with Gasteiger partial charge in [0, 0.05) is 6.20 Å². The fraction of sp³-hybridized carbons (Fsp3) is 0.429. The summed E-state index contributed by atoms with van der Waals surface area (Å²) in [5, 5.41) is 28.9. The number of hydrogen-bond acceptors (Lipinski definition) is 7. The van der Waals surface area contributed by atoms with Gasteiger partial charge in [-0.05, 0) is 13.0 Å². The predicted octanol–water partition coefficient (Wildman–Crippen LogP) is -0.437. The van der Waals surface area contributed by atoms with E-state index in [9.17, 15) is 19.7 Å². The number of anilines is 1. The zero-order valence-electron chi connectivity index (χ0n) is 12.3. The number of rotatable bonds is 6. The molecule has 0 aliphatic carbocycles. The van der Waals surface area contributed by atoms with Crippen molar-refractivity contribution in [1.82, 2.24) is 14.5 Å². The van der Waals surface area contributed by atoms with Crippen LogP contribution in [0.2, 0.25) is 0 Å². The van der Waals surface area contributed by atoms with Gasteiger partial charge < -0.3 is 30.4 Å². The fourth-order valence-corrected chi connectivity index (χ4v) is 2.06. The van der Waals surface area contributed by atoms with Crippen LogP contribution >= 0.6 is 0 Å². The van der Waals surface area contributed by atoms with Crippen molar-refractivity contribution < 1.29 is 24.4 Å². The number of halogens is 1. The average Bonchev–Trinajstić information content (AvgIpc) is 2.98. The van der Waals surface area contributed by atoms with Gasteiger partial charge in [-0.1, -0.05) is 5.92 Å². The largest absolute Gasteiger partial charge is 0.392 e. The minimum atomic E-state index is -2.87. The van der Waals surface area contributed by atoms with Gasteiger partial charge in [0.25, 0.3) is 5.85 Å². The Labute approximate surface area is 131 Å². The molecule has 0 aliphatic rings. The van der Waals surface area contributed by atoms with Crippen molar-refractivity contribution in [2.45, 2.75) is 25.1 Å². The van der Waals surface area contributed by atoms with Gasteiger partial charge >= 0.3 is 0 Å². The van der Waals surface area contributed by atoms with Crippen LogP contribution in [0.4, 0.5) is 10.2 Å². The summed E-state index contributed by atoms with van der Waals surface area (Å²) in [7, 11) is 0. The normalized spacial score (nSPS) is 16.4. The van der Waals surface area contributed by atoms with Crippen molar-refractivity contribution >= 4 is 16.9 Å². The average molecular weight is 324 g/mol. The molecule has 0 saturated heterocycles. The predicted molar refractivity (Wildman–Crippen MR) is 79.5 cm³/mol. The fourth-order valence-electron chi connectivity index (χ4n) is 2.06. The molecule has 0 aliphatic heterocycles. The summed E-state index contributed by atoms with van der Waals surface area (Å²) < 4.78 is 21.0. The van der Waals surface area contributed by atoms with Crippen LogP contribution in [0.5, 0.6) is 0 Å². The first-order valence-corrected chi connectivity index (χ1v) is 6.72. The van der Waals surface area contributed by atoms with Crippen LogP contribution in [0.15, 0.2) is 18.6 Å². The lowest BCUT2D eigenvalue weighted by Crippen LogP contribution is -2.45. The van der Waals surface area contributed by atoms with E-state index in [2.05, 4.69) is 21.8 Å². The molecule has 2 rings (SSSR count). The van der Waals surface area contributed by atoms with Crippen LogP contribution in [0.25, 0.3) is 11.0 Å². The maximum atomic E-state index is 14.6. The van der Waals surface area contributed by atoms with E-state index in [1.165, 1.54) is 24.0 Å². The standard InChI is InChI=1S/C14H17FN4O4/c1-2-3-10(22)14(15,7-21)23-11(6-20)19-5-4-9-12(16)17-8-18-13(9)19/h4-5,8,10-11,20-22H,6-7H2,1H3,(H2,16,17,18)/t10-,11+,14+/m0/s1. The Morgan fingerprint density at radius 2 is 2.22 bits per heavy atom. The summed E-state index contributed by atoms with van der Waals surface area (Å²) >= 11 is 0. The van der Waals surface area contributed by atoms with Crippen LogP contribution in [0, 0.1) is 11.8 Å². The second-order valence-corrected chi connectivity index (χ2v) is 4.72. The van der Waals surface area contributed by atoms with E-state index >= 15 is 0 Å². The Kier molecular flexibility index (Phi) is 5.12. The van der Waals surface area contributed by atoms with Crippen molar-refractivity contribution in [1.29, 1.82) is 0 Å². The van der Waals surface area contributed by atoms with Gasteiger partial charge in [0.2, 0.25) is 0 Å². The highest BCUT2D eigenvalue weighted by Crippen LogP contribution is 2.28.